The van der Waals surface area contributed by atoms with Gasteiger partial charge in [-0.25, -0.2) is 0 Å². The Morgan fingerprint density at radius 2 is 1.68 bits per heavy atom. The summed E-state index contributed by atoms with van der Waals surface area (Å²) in [6.07, 6.45) is 0.258. The van der Waals surface area contributed by atoms with Crippen LogP contribution in [0, 0.1) is 13.8 Å². The normalized spacial score (nSPS) is 10.5. The van der Waals surface area contributed by atoms with E-state index in [1.165, 1.54) is 5.56 Å². The number of rotatable bonds is 3. The summed E-state index contributed by atoms with van der Waals surface area (Å²) in [6, 6.07) is 11.7. The van der Waals surface area contributed by atoms with Crippen molar-refractivity contribution in [2.75, 3.05) is 0 Å². The van der Waals surface area contributed by atoms with Crippen LogP contribution in [0.15, 0.2) is 36.4 Å². The first-order valence-corrected chi connectivity index (χ1v) is 6.78. The minimum absolute atomic E-state index is 0.258. The molecule has 0 unspecified atom stereocenters. The van der Waals surface area contributed by atoms with Gasteiger partial charge in [-0.05, 0) is 65.4 Å². The third-order valence-corrected chi connectivity index (χ3v) is 3.63. The summed E-state index contributed by atoms with van der Waals surface area (Å²) in [5.41, 5.74) is 5.48. The van der Waals surface area contributed by atoms with E-state index in [-0.39, 0.29) is 11.7 Å². The molecule has 0 spiro atoms. The molecule has 0 aliphatic rings. The highest BCUT2D eigenvalue weighted by Crippen LogP contribution is 2.30. The molecule has 0 atom stereocenters. The molecule has 0 saturated carbocycles. The molecule has 2 aromatic carbocycles. The molecule has 0 amide bonds. The fraction of sp³-hybridized carbons (Fsp3) is 0.188. The quantitative estimate of drug-likeness (QED) is 0.733. The van der Waals surface area contributed by atoms with E-state index in [0.29, 0.717) is 5.02 Å². The van der Waals surface area contributed by atoms with Gasteiger partial charge in [-0.1, -0.05) is 35.9 Å². The van der Waals surface area contributed by atoms with Crippen LogP contribution >= 0.6 is 23.2 Å². The molecule has 0 fully saturated rings. The maximum absolute atomic E-state index is 11.1. The summed E-state index contributed by atoms with van der Waals surface area (Å²) in [5, 5.41) is 0.375. The Balaban J connectivity index is 2.55. The lowest BCUT2D eigenvalue weighted by Gasteiger charge is -2.14. The van der Waals surface area contributed by atoms with Crippen LogP contribution < -0.4 is 0 Å². The average Bonchev–Trinajstić information content (AvgIpc) is 2.35. The fourth-order valence-electron chi connectivity index (χ4n) is 2.29. The van der Waals surface area contributed by atoms with E-state index in [1.54, 1.807) is 0 Å². The van der Waals surface area contributed by atoms with Gasteiger partial charge in [-0.15, -0.1) is 0 Å². The van der Waals surface area contributed by atoms with Crippen molar-refractivity contribution in [3.05, 3.63) is 58.1 Å². The second-order valence-corrected chi connectivity index (χ2v) is 5.44. The predicted molar refractivity (Wildman–Crippen MR) is 80.9 cm³/mol. The Morgan fingerprint density at radius 3 is 2.26 bits per heavy atom. The highest BCUT2D eigenvalue weighted by molar-refractivity contribution is 6.63. The highest BCUT2D eigenvalue weighted by Gasteiger charge is 2.11. The first-order chi connectivity index (χ1) is 8.99. The van der Waals surface area contributed by atoms with Gasteiger partial charge in [0.15, 0.2) is 0 Å². The topological polar surface area (TPSA) is 17.1 Å². The van der Waals surface area contributed by atoms with Crippen molar-refractivity contribution in [3.8, 4) is 11.1 Å². The summed E-state index contributed by atoms with van der Waals surface area (Å²) in [4.78, 5) is 11.1. The molecule has 1 nitrogen and oxygen atoms in total. The van der Waals surface area contributed by atoms with Gasteiger partial charge in [0.2, 0.25) is 5.24 Å². The van der Waals surface area contributed by atoms with Crippen molar-refractivity contribution >= 4 is 28.4 Å². The van der Waals surface area contributed by atoms with Crippen LogP contribution in [0.2, 0.25) is 5.02 Å². The second kappa shape index (κ2) is 5.77. The molecule has 19 heavy (non-hydrogen) atoms. The minimum atomic E-state index is -0.339. The van der Waals surface area contributed by atoms with Gasteiger partial charge in [-0.2, -0.15) is 0 Å². The van der Waals surface area contributed by atoms with Gasteiger partial charge < -0.3 is 0 Å². The zero-order valence-corrected chi connectivity index (χ0v) is 12.3. The fourth-order valence-corrected chi connectivity index (χ4v) is 2.56. The van der Waals surface area contributed by atoms with Crippen LogP contribution in [-0.2, 0) is 11.2 Å². The Kier molecular flexibility index (Phi) is 4.28. The van der Waals surface area contributed by atoms with Crippen LogP contribution in [0.5, 0.6) is 0 Å². The molecule has 0 aliphatic carbocycles. The van der Waals surface area contributed by atoms with Crippen molar-refractivity contribution in [2.45, 2.75) is 20.3 Å². The van der Waals surface area contributed by atoms with Crippen molar-refractivity contribution in [2.24, 2.45) is 0 Å². The number of aryl methyl sites for hydroxylation is 1. The van der Waals surface area contributed by atoms with E-state index in [1.807, 2.05) is 43.3 Å². The smallest absolute Gasteiger partial charge is 0.226 e. The summed E-state index contributed by atoms with van der Waals surface area (Å²) in [6.45, 7) is 4.08. The van der Waals surface area contributed by atoms with Gasteiger partial charge in [0.1, 0.15) is 0 Å². The van der Waals surface area contributed by atoms with Crippen molar-refractivity contribution in [1.82, 2.24) is 0 Å². The van der Waals surface area contributed by atoms with Crippen LogP contribution in [0.4, 0.5) is 0 Å². The molecule has 0 aliphatic heterocycles. The average molecular weight is 293 g/mol. The molecule has 98 valence electrons. The van der Waals surface area contributed by atoms with Gasteiger partial charge in [0.25, 0.3) is 0 Å². The van der Waals surface area contributed by atoms with E-state index < -0.39 is 0 Å². The Bertz CT molecular complexity index is 615. The Hall–Kier alpha value is -1.31. The van der Waals surface area contributed by atoms with Crippen molar-refractivity contribution < 1.29 is 4.79 Å². The molecule has 2 aromatic rings. The van der Waals surface area contributed by atoms with E-state index >= 15 is 0 Å². The maximum atomic E-state index is 11.1. The van der Waals surface area contributed by atoms with Crippen molar-refractivity contribution in [3.63, 3.8) is 0 Å². The lowest BCUT2D eigenvalue weighted by atomic mass is 9.91. The molecular weight excluding hydrogens is 279 g/mol. The first kappa shape index (κ1) is 14.1. The maximum Gasteiger partial charge on any atom is 0.226 e. The second-order valence-electron chi connectivity index (χ2n) is 4.58. The molecule has 0 radical (unpaired) electrons. The molecule has 0 N–H and O–H groups in total. The van der Waals surface area contributed by atoms with Crippen molar-refractivity contribution in [1.29, 1.82) is 0 Å². The van der Waals surface area contributed by atoms with Gasteiger partial charge in [0, 0.05) is 11.4 Å². The SMILES string of the molecule is Cc1ccc(CC(=O)Cl)c(C)c1-c1ccc(Cl)cc1. The number of carbonyl (C=O) groups is 1. The predicted octanol–water partition coefficient (Wildman–Crippen LogP) is 4.93. The summed E-state index contributed by atoms with van der Waals surface area (Å²) < 4.78 is 0. The summed E-state index contributed by atoms with van der Waals surface area (Å²) in [5.74, 6) is 0. The molecule has 0 aromatic heterocycles. The minimum Gasteiger partial charge on any atom is -0.281 e. The highest BCUT2D eigenvalue weighted by atomic mass is 35.5. The molecule has 3 heteroatoms. The third kappa shape index (κ3) is 3.17. The van der Waals surface area contributed by atoms with Crippen LogP contribution in [0.3, 0.4) is 0 Å². The third-order valence-electron chi connectivity index (χ3n) is 3.25. The summed E-state index contributed by atoms with van der Waals surface area (Å²) >= 11 is 11.4. The zero-order chi connectivity index (χ0) is 14.0. The number of hydrogen-bond donors (Lipinski definition) is 0. The van der Waals surface area contributed by atoms with E-state index in [2.05, 4.69) is 6.92 Å². The van der Waals surface area contributed by atoms with Crippen LogP contribution in [0.1, 0.15) is 16.7 Å². The molecule has 0 bridgehead atoms. The number of halogens is 2. The zero-order valence-electron chi connectivity index (χ0n) is 10.8. The Morgan fingerprint density at radius 1 is 1.05 bits per heavy atom. The number of benzene rings is 2. The monoisotopic (exact) mass is 292 g/mol. The molecule has 0 saturated heterocycles. The first-order valence-electron chi connectivity index (χ1n) is 6.02. The van der Waals surface area contributed by atoms with E-state index in [0.717, 1.165) is 22.3 Å². The van der Waals surface area contributed by atoms with E-state index in [4.69, 9.17) is 23.2 Å². The number of carbonyl (C=O) groups excluding carboxylic acids is 1. The molecule has 0 heterocycles. The van der Waals surface area contributed by atoms with Crippen LogP contribution in [0.25, 0.3) is 11.1 Å². The van der Waals surface area contributed by atoms with Gasteiger partial charge in [0.05, 0.1) is 0 Å². The standard InChI is InChI=1S/C16H14Cl2O/c1-10-3-4-13(9-15(18)19)11(2)16(10)12-5-7-14(17)8-6-12/h3-8H,9H2,1-2H3. The summed E-state index contributed by atoms with van der Waals surface area (Å²) in [7, 11) is 0. The molecule has 2 rings (SSSR count). The van der Waals surface area contributed by atoms with Crippen LogP contribution in [-0.4, -0.2) is 5.24 Å². The largest absolute Gasteiger partial charge is 0.281 e. The lowest BCUT2D eigenvalue weighted by Crippen LogP contribution is -1.99. The number of hydrogen-bond acceptors (Lipinski definition) is 1. The van der Waals surface area contributed by atoms with Gasteiger partial charge >= 0.3 is 0 Å². The lowest BCUT2D eigenvalue weighted by molar-refractivity contribution is -0.111. The van der Waals surface area contributed by atoms with Gasteiger partial charge in [-0.3, -0.25) is 4.79 Å². The molecular formula is C16H14Cl2O. The van der Waals surface area contributed by atoms with E-state index in [9.17, 15) is 4.79 Å². The Labute approximate surface area is 123 Å².